The minimum atomic E-state index is 0. The standard InChI is InChI=1S/C6H5.C4H9.Ni/c1-2-4-6-5-3-1;1-4(2)3;/h1-5H;1-3H3;/q2*-1;+2. The minimum Gasteiger partial charge on any atom is -0.323 e. The summed E-state index contributed by atoms with van der Waals surface area (Å²) in [5, 5.41) is 0. The van der Waals surface area contributed by atoms with Gasteiger partial charge >= 0.3 is 16.5 Å². The van der Waals surface area contributed by atoms with Crippen LogP contribution in [0.5, 0.6) is 0 Å². The van der Waals surface area contributed by atoms with E-state index in [1.807, 2.05) is 30.3 Å². The molecule has 0 saturated heterocycles. The molecule has 0 atom stereocenters. The van der Waals surface area contributed by atoms with E-state index in [0.29, 0.717) is 0 Å². The zero-order valence-corrected chi connectivity index (χ0v) is 8.19. The van der Waals surface area contributed by atoms with Crippen molar-refractivity contribution in [2.45, 2.75) is 20.8 Å². The predicted octanol–water partition coefficient (Wildman–Crippen LogP) is 3.10. The van der Waals surface area contributed by atoms with Crippen LogP contribution in [0.3, 0.4) is 0 Å². The van der Waals surface area contributed by atoms with E-state index in [9.17, 15) is 0 Å². The van der Waals surface area contributed by atoms with Gasteiger partial charge in [0.05, 0.1) is 0 Å². The first kappa shape index (κ1) is 13.3. The van der Waals surface area contributed by atoms with Gasteiger partial charge in [0.1, 0.15) is 0 Å². The van der Waals surface area contributed by atoms with Gasteiger partial charge < -0.3 is 5.92 Å². The summed E-state index contributed by atoms with van der Waals surface area (Å²) in [5.74, 6) is 1.42. The molecule has 1 rings (SSSR count). The van der Waals surface area contributed by atoms with Crippen molar-refractivity contribution in [1.29, 1.82) is 0 Å². The van der Waals surface area contributed by atoms with Crippen LogP contribution in [0.2, 0.25) is 0 Å². The normalized spacial score (nSPS) is 7.64. The number of hydrogen-bond acceptors (Lipinski definition) is 0. The molecule has 0 aliphatic heterocycles. The molecule has 0 radical (unpaired) electrons. The summed E-state index contributed by atoms with van der Waals surface area (Å²) in [6.45, 7) is 6.25. The molecule has 11 heavy (non-hydrogen) atoms. The van der Waals surface area contributed by atoms with Crippen LogP contribution in [0.25, 0.3) is 0 Å². The number of hydrogen-bond donors (Lipinski definition) is 0. The third-order valence-electron chi connectivity index (χ3n) is 0.607. The van der Waals surface area contributed by atoms with E-state index in [4.69, 9.17) is 0 Å². The van der Waals surface area contributed by atoms with E-state index in [2.05, 4.69) is 26.8 Å². The van der Waals surface area contributed by atoms with Gasteiger partial charge in [0.2, 0.25) is 0 Å². The molecule has 0 bridgehead atoms. The van der Waals surface area contributed by atoms with E-state index in [0.717, 1.165) is 0 Å². The van der Waals surface area contributed by atoms with E-state index < -0.39 is 0 Å². The third kappa shape index (κ3) is 17.7. The van der Waals surface area contributed by atoms with Crippen molar-refractivity contribution in [2.75, 3.05) is 0 Å². The molecule has 0 nitrogen and oxygen atoms in total. The summed E-state index contributed by atoms with van der Waals surface area (Å²) in [6.07, 6.45) is 0. The van der Waals surface area contributed by atoms with Gasteiger partial charge in [-0.15, -0.1) is 0 Å². The van der Waals surface area contributed by atoms with Crippen molar-refractivity contribution in [2.24, 2.45) is 0 Å². The molecular formula is C10H14Ni. The van der Waals surface area contributed by atoms with E-state index in [1.165, 1.54) is 5.92 Å². The van der Waals surface area contributed by atoms with Crippen molar-refractivity contribution in [3.63, 3.8) is 0 Å². The molecule has 0 N–H and O–H groups in total. The first-order valence-corrected chi connectivity index (χ1v) is 3.41. The van der Waals surface area contributed by atoms with Crippen molar-refractivity contribution >= 4 is 0 Å². The third-order valence-corrected chi connectivity index (χ3v) is 0.607. The van der Waals surface area contributed by atoms with Gasteiger partial charge in [-0.25, -0.2) is 0 Å². The quantitative estimate of drug-likeness (QED) is 0.438. The zero-order chi connectivity index (χ0) is 7.82. The second-order valence-electron chi connectivity index (χ2n) is 2.58. The van der Waals surface area contributed by atoms with Gasteiger partial charge in [0.15, 0.2) is 0 Å². The summed E-state index contributed by atoms with van der Waals surface area (Å²) in [5.41, 5.74) is 0. The Kier molecular flexibility index (Phi) is 11.8. The Morgan fingerprint density at radius 1 is 0.909 bits per heavy atom. The molecule has 0 aromatic heterocycles. The molecule has 0 unspecified atom stereocenters. The van der Waals surface area contributed by atoms with Crippen LogP contribution in [0, 0.1) is 12.0 Å². The average Bonchev–Trinajstić information content (AvgIpc) is 1.90. The van der Waals surface area contributed by atoms with Crippen molar-refractivity contribution in [3.05, 3.63) is 42.3 Å². The van der Waals surface area contributed by atoms with Gasteiger partial charge in [-0.05, 0) is 0 Å². The van der Waals surface area contributed by atoms with Crippen LogP contribution in [0.15, 0.2) is 30.3 Å². The molecule has 0 fully saturated rings. The fourth-order valence-corrected chi connectivity index (χ4v) is 0.342. The molecular weight excluding hydrogens is 179 g/mol. The Labute approximate surface area is 79.9 Å². The van der Waals surface area contributed by atoms with E-state index in [-0.39, 0.29) is 16.5 Å². The summed E-state index contributed by atoms with van der Waals surface area (Å²) in [7, 11) is 0. The Hall–Kier alpha value is -0.286. The molecule has 0 aliphatic rings. The largest absolute Gasteiger partial charge is 2.00 e. The Morgan fingerprint density at radius 3 is 1.36 bits per heavy atom. The maximum Gasteiger partial charge on any atom is 2.00 e. The van der Waals surface area contributed by atoms with Crippen LogP contribution in [-0.4, -0.2) is 0 Å². The maximum absolute atomic E-state index is 2.89. The molecule has 1 aromatic rings. The van der Waals surface area contributed by atoms with Crippen molar-refractivity contribution < 1.29 is 16.5 Å². The number of benzene rings is 1. The maximum atomic E-state index is 2.89. The van der Waals surface area contributed by atoms with Crippen molar-refractivity contribution in [3.8, 4) is 0 Å². The molecule has 64 valence electrons. The molecule has 1 heteroatoms. The monoisotopic (exact) mass is 192 g/mol. The van der Waals surface area contributed by atoms with Gasteiger partial charge in [0.25, 0.3) is 0 Å². The molecule has 1 aromatic carbocycles. The summed E-state index contributed by atoms with van der Waals surface area (Å²) >= 11 is 0. The van der Waals surface area contributed by atoms with Crippen LogP contribution < -0.4 is 0 Å². The summed E-state index contributed by atoms with van der Waals surface area (Å²) < 4.78 is 0. The van der Waals surface area contributed by atoms with Gasteiger partial charge in [-0.2, -0.15) is 57.2 Å². The predicted molar refractivity (Wildman–Crippen MR) is 45.5 cm³/mol. The fraction of sp³-hybridized carbons (Fsp3) is 0.300. The van der Waals surface area contributed by atoms with Crippen LogP contribution in [-0.2, 0) is 16.5 Å². The van der Waals surface area contributed by atoms with Gasteiger partial charge in [-0.1, -0.05) is 0 Å². The van der Waals surface area contributed by atoms with Gasteiger partial charge in [-0.3, -0.25) is 0 Å². The van der Waals surface area contributed by atoms with Gasteiger partial charge in [0, 0.05) is 0 Å². The molecule has 0 amide bonds. The minimum absolute atomic E-state index is 0. The smallest absolute Gasteiger partial charge is 0.323 e. The number of rotatable bonds is 0. The molecule has 0 saturated carbocycles. The second kappa shape index (κ2) is 9.71. The average molecular weight is 193 g/mol. The Morgan fingerprint density at radius 2 is 1.27 bits per heavy atom. The van der Waals surface area contributed by atoms with E-state index >= 15 is 0 Å². The SMILES string of the molecule is C[C-](C)C.[Ni+2].[c-]1ccccc1. The van der Waals surface area contributed by atoms with Crippen LogP contribution in [0.1, 0.15) is 20.8 Å². The second-order valence-corrected chi connectivity index (χ2v) is 2.58. The first-order valence-electron chi connectivity index (χ1n) is 3.41. The van der Waals surface area contributed by atoms with Crippen molar-refractivity contribution in [1.82, 2.24) is 0 Å². The Balaban J connectivity index is 0. The summed E-state index contributed by atoms with van der Waals surface area (Å²) in [4.78, 5) is 0. The van der Waals surface area contributed by atoms with Crippen LogP contribution >= 0.6 is 0 Å². The zero-order valence-electron chi connectivity index (χ0n) is 7.20. The summed E-state index contributed by atoms with van der Waals surface area (Å²) in [6, 6.07) is 12.5. The molecule has 0 heterocycles. The Bertz CT molecular complexity index is 105. The molecule has 0 spiro atoms. The van der Waals surface area contributed by atoms with E-state index in [1.54, 1.807) is 0 Å². The fourth-order valence-electron chi connectivity index (χ4n) is 0.342. The van der Waals surface area contributed by atoms with Crippen LogP contribution in [0.4, 0.5) is 0 Å². The first-order chi connectivity index (χ1) is 4.73. The molecule has 0 aliphatic carbocycles. The topological polar surface area (TPSA) is 0 Å².